The molecule has 0 aliphatic rings. The van der Waals surface area contributed by atoms with Gasteiger partial charge in [0.25, 0.3) is 0 Å². The molecule has 0 saturated heterocycles. The summed E-state index contributed by atoms with van der Waals surface area (Å²) in [5, 5.41) is 8.81. The second kappa shape index (κ2) is 6.18. The number of rotatable bonds is 4. The molecule has 0 saturated carbocycles. The van der Waals surface area contributed by atoms with Crippen molar-refractivity contribution in [2.45, 2.75) is 6.04 Å². The normalized spacial score (nSPS) is 11.7. The minimum atomic E-state index is -0.259. The van der Waals surface area contributed by atoms with Gasteiger partial charge in [-0.25, -0.2) is 4.39 Å². The molecule has 2 N–H and O–H groups in total. The van der Waals surface area contributed by atoms with Gasteiger partial charge in [0, 0.05) is 19.3 Å². The smallest absolute Gasteiger partial charge is 0.123 e. The Bertz CT molecular complexity index is 599. The summed E-state index contributed by atoms with van der Waals surface area (Å²) >= 11 is 0. The van der Waals surface area contributed by atoms with Gasteiger partial charge >= 0.3 is 0 Å². The Labute approximate surface area is 118 Å². The lowest BCUT2D eigenvalue weighted by atomic mass is 10.0. The maximum absolute atomic E-state index is 13.0. The van der Waals surface area contributed by atoms with Crippen LogP contribution in [0.25, 0.3) is 0 Å². The van der Waals surface area contributed by atoms with E-state index >= 15 is 0 Å². The van der Waals surface area contributed by atoms with E-state index in [1.54, 1.807) is 24.3 Å². The van der Waals surface area contributed by atoms with Gasteiger partial charge in [0.05, 0.1) is 17.7 Å². The molecular formula is C16H16FN3. The molecule has 3 nitrogen and oxygen atoms in total. The molecule has 2 aromatic rings. The highest BCUT2D eigenvalue weighted by molar-refractivity contribution is 5.51. The molecule has 102 valence electrons. The van der Waals surface area contributed by atoms with Crippen molar-refractivity contribution < 1.29 is 4.39 Å². The number of hydrogen-bond acceptors (Lipinski definition) is 3. The predicted octanol–water partition coefficient (Wildman–Crippen LogP) is 2.83. The van der Waals surface area contributed by atoms with Crippen molar-refractivity contribution in [2.24, 2.45) is 5.73 Å². The third kappa shape index (κ3) is 2.95. The average molecular weight is 269 g/mol. The highest BCUT2D eigenvalue weighted by Crippen LogP contribution is 2.25. The second-order valence-corrected chi connectivity index (χ2v) is 4.57. The van der Waals surface area contributed by atoms with Crippen molar-refractivity contribution in [1.29, 1.82) is 5.26 Å². The quantitative estimate of drug-likeness (QED) is 0.928. The first-order valence-corrected chi connectivity index (χ1v) is 6.34. The number of halogens is 1. The zero-order chi connectivity index (χ0) is 14.5. The Hall–Kier alpha value is -2.38. The molecule has 1 unspecified atom stereocenters. The minimum Gasteiger partial charge on any atom is -0.366 e. The third-order valence-electron chi connectivity index (χ3n) is 3.35. The first-order chi connectivity index (χ1) is 9.65. The fourth-order valence-corrected chi connectivity index (χ4v) is 2.15. The van der Waals surface area contributed by atoms with Gasteiger partial charge in [0.2, 0.25) is 0 Å². The third-order valence-corrected chi connectivity index (χ3v) is 3.35. The summed E-state index contributed by atoms with van der Waals surface area (Å²) in [4.78, 5) is 2.02. The van der Waals surface area contributed by atoms with Crippen LogP contribution < -0.4 is 10.6 Å². The highest BCUT2D eigenvalue weighted by atomic mass is 19.1. The summed E-state index contributed by atoms with van der Waals surface area (Å²) in [5.41, 5.74) is 8.39. The topological polar surface area (TPSA) is 53.0 Å². The van der Waals surface area contributed by atoms with Gasteiger partial charge < -0.3 is 10.6 Å². The predicted molar refractivity (Wildman–Crippen MR) is 77.8 cm³/mol. The van der Waals surface area contributed by atoms with Crippen molar-refractivity contribution in [2.75, 3.05) is 18.5 Å². The van der Waals surface area contributed by atoms with Crippen LogP contribution in [0.5, 0.6) is 0 Å². The fraction of sp³-hybridized carbons (Fsp3) is 0.188. The van der Waals surface area contributed by atoms with Crippen LogP contribution in [0.3, 0.4) is 0 Å². The molecule has 0 aliphatic heterocycles. The van der Waals surface area contributed by atoms with Crippen molar-refractivity contribution in [3.63, 3.8) is 0 Å². The van der Waals surface area contributed by atoms with E-state index in [4.69, 9.17) is 11.0 Å². The van der Waals surface area contributed by atoms with Gasteiger partial charge in [0.15, 0.2) is 0 Å². The molecule has 0 radical (unpaired) electrons. The van der Waals surface area contributed by atoms with Gasteiger partial charge in [-0.15, -0.1) is 0 Å². The van der Waals surface area contributed by atoms with E-state index in [0.717, 1.165) is 11.3 Å². The van der Waals surface area contributed by atoms with E-state index in [9.17, 15) is 4.39 Å². The lowest BCUT2D eigenvalue weighted by Crippen LogP contribution is -2.30. The van der Waals surface area contributed by atoms with Crippen LogP contribution in [0.4, 0.5) is 10.1 Å². The van der Waals surface area contributed by atoms with Crippen LogP contribution in [0, 0.1) is 17.1 Å². The van der Waals surface area contributed by atoms with Gasteiger partial charge in [0.1, 0.15) is 5.82 Å². The summed E-state index contributed by atoms with van der Waals surface area (Å²) in [5.74, 6) is -0.259. The van der Waals surface area contributed by atoms with Gasteiger partial charge in [-0.2, -0.15) is 5.26 Å². The fourth-order valence-electron chi connectivity index (χ4n) is 2.15. The number of benzene rings is 2. The Morgan fingerprint density at radius 2 is 1.75 bits per heavy atom. The van der Waals surface area contributed by atoms with Crippen LogP contribution in [0.1, 0.15) is 17.2 Å². The molecule has 2 rings (SSSR count). The molecule has 0 bridgehead atoms. The van der Waals surface area contributed by atoms with E-state index in [0.29, 0.717) is 12.1 Å². The number of nitriles is 1. The minimum absolute atomic E-state index is 0.0384. The Balaban J connectivity index is 2.26. The van der Waals surface area contributed by atoms with Crippen LogP contribution >= 0.6 is 0 Å². The van der Waals surface area contributed by atoms with Crippen molar-refractivity contribution in [3.8, 4) is 6.07 Å². The molecule has 0 fully saturated rings. The first-order valence-electron chi connectivity index (χ1n) is 6.34. The van der Waals surface area contributed by atoms with Crippen LogP contribution in [0.15, 0.2) is 48.5 Å². The highest BCUT2D eigenvalue weighted by Gasteiger charge is 2.16. The molecule has 0 aromatic heterocycles. The molecule has 2 aromatic carbocycles. The summed E-state index contributed by atoms with van der Waals surface area (Å²) in [6.07, 6.45) is 0. The molecule has 20 heavy (non-hydrogen) atoms. The zero-order valence-corrected chi connectivity index (χ0v) is 11.3. The molecule has 4 heteroatoms. The van der Waals surface area contributed by atoms with Crippen LogP contribution in [-0.2, 0) is 0 Å². The summed E-state index contributed by atoms with van der Waals surface area (Å²) in [6, 6.07) is 15.7. The van der Waals surface area contributed by atoms with Gasteiger partial charge in [-0.3, -0.25) is 0 Å². The van der Waals surface area contributed by atoms with Crippen molar-refractivity contribution in [1.82, 2.24) is 0 Å². The Morgan fingerprint density at radius 3 is 2.25 bits per heavy atom. The maximum Gasteiger partial charge on any atom is 0.123 e. The standard InChI is InChI=1S/C16H16FN3/c1-20(15-8-2-12(10-18)3-9-15)16(11-19)13-4-6-14(17)7-5-13/h2-9,16H,11,19H2,1H3. The van der Waals surface area contributed by atoms with Gasteiger partial charge in [-0.1, -0.05) is 12.1 Å². The Morgan fingerprint density at radius 1 is 1.15 bits per heavy atom. The van der Waals surface area contributed by atoms with Crippen molar-refractivity contribution >= 4 is 5.69 Å². The van der Waals surface area contributed by atoms with Crippen LogP contribution in [0.2, 0.25) is 0 Å². The number of anilines is 1. The number of likely N-dealkylation sites (N-methyl/N-ethyl adjacent to an activating group) is 1. The lowest BCUT2D eigenvalue weighted by Gasteiger charge is -2.29. The maximum atomic E-state index is 13.0. The lowest BCUT2D eigenvalue weighted by molar-refractivity contribution is 0.622. The molecule has 0 spiro atoms. The Kier molecular flexibility index (Phi) is 4.34. The first kappa shape index (κ1) is 14.0. The van der Waals surface area contributed by atoms with E-state index in [-0.39, 0.29) is 11.9 Å². The van der Waals surface area contributed by atoms with E-state index in [1.807, 2.05) is 24.1 Å². The van der Waals surface area contributed by atoms with E-state index < -0.39 is 0 Å². The molecular weight excluding hydrogens is 253 g/mol. The summed E-state index contributed by atoms with van der Waals surface area (Å²) in [7, 11) is 1.93. The molecule has 0 aliphatic carbocycles. The molecule has 1 atom stereocenters. The molecule has 0 amide bonds. The number of nitrogens with two attached hydrogens (primary N) is 1. The largest absolute Gasteiger partial charge is 0.366 e. The molecule has 0 heterocycles. The second-order valence-electron chi connectivity index (χ2n) is 4.57. The monoisotopic (exact) mass is 269 g/mol. The average Bonchev–Trinajstić information content (AvgIpc) is 2.50. The zero-order valence-electron chi connectivity index (χ0n) is 11.3. The summed E-state index contributed by atoms with van der Waals surface area (Å²) < 4.78 is 13.0. The van der Waals surface area contributed by atoms with Crippen LogP contribution in [-0.4, -0.2) is 13.6 Å². The van der Waals surface area contributed by atoms with Crippen molar-refractivity contribution in [3.05, 3.63) is 65.5 Å². The van der Waals surface area contributed by atoms with E-state index in [1.165, 1.54) is 12.1 Å². The summed E-state index contributed by atoms with van der Waals surface area (Å²) in [6.45, 7) is 0.419. The number of hydrogen-bond donors (Lipinski definition) is 1. The van der Waals surface area contributed by atoms with Gasteiger partial charge in [-0.05, 0) is 42.0 Å². The van der Waals surface area contributed by atoms with E-state index in [2.05, 4.69) is 6.07 Å². The number of nitrogens with zero attached hydrogens (tertiary/aromatic N) is 2. The SMILES string of the molecule is CN(c1ccc(C#N)cc1)C(CN)c1ccc(F)cc1.